The number of amides is 1. The van der Waals surface area contributed by atoms with Gasteiger partial charge >= 0.3 is 0 Å². The number of carbonyl (C=O) groups excluding carboxylic acids is 1. The molecule has 3 aliphatic rings. The molecule has 1 aliphatic heterocycles. The van der Waals surface area contributed by atoms with Gasteiger partial charge < -0.3 is 5.32 Å². The topological polar surface area (TPSA) is 32.3 Å². The molecular formula is C34H40N2O. The summed E-state index contributed by atoms with van der Waals surface area (Å²) in [5.74, 6) is 1.60. The molecule has 2 bridgehead atoms. The average Bonchev–Trinajstić information content (AvgIpc) is 3.73. The zero-order valence-corrected chi connectivity index (χ0v) is 22.6. The Morgan fingerprint density at radius 1 is 1.00 bits per heavy atom. The van der Waals surface area contributed by atoms with E-state index in [0.717, 1.165) is 24.3 Å². The van der Waals surface area contributed by atoms with Crippen LogP contribution in [0.3, 0.4) is 0 Å². The highest BCUT2D eigenvalue weighted by molar-refractivity contribution is 5.94. The lowest BCUT2D eigenvalue weighted by Gasteiger charge is -2.55. The van der Waals surface area contributed by atoms with E-state index in [-0.39, 0.29) is 11.3 Å². The maximum absolute atomic E-state index is 13.1. The van der Waals surface area contributed by atoms with Crippen LogP contribution in [0.4, 0.5) is 0 Å². The SMILES string of the molecule is Cc1ccc(-c2ccc(CCNC(=O)c3ccc4c(c3)[C@@]3(C)CCN(CC5CC5)C(C4)[C@@H]3C)cc2)cc1. The number of nitrogens with one attached hydrogen (secondary N) is 1. The fourth-order valence-electron chi connectivity index (χ4n) is 6.74. The van der Waals surface area contributed by atoms with Gasteiger partial charge in [0, 0.05) is 24.7 Å². The summed E-state index contributed by atoms with van der Waals surface area (Å²) in [7, 11) is 0. The zero-order valence-electron chi connectivity index (χ0n) is 22.6. The van der Waals surface area contributed by atoms with Crippen LogP contribution in [0.5, 0.6) is 0 Å². The Kier molecular flexibility index (Phi) is 6.44. The second-order valence-corrected chi connectivity index (χ2v) is 12.1. The number of benzene rings is 3. The smallest absolute Gasteiger partial charge is 0.251 e. The normalized spacial score (nSPS) is 24.9. The molecule has 37 heavy (non-hydrogen) atoms. The second-order valence-electron chi connectivity index (χ2n) is 12.1. The molecule has 3 atom stereocenters. The number of hydrogen-bond donors (Lipinski definition) is 1. The van der Waals surface area contributed by atoms with Gasteiger partial charge in [-0.15, -0.1) is 0 Å². The van der Waals surface area contributed by atoms with Crippen LogP contribution in [0.15, 0.2) is 66.7 Å². The number of hydrogen-bond acceptors (Lipinski definition) is 2. The van der Waals surface area contributed by atoms with Crippen LogP contribution in [-0.2, 0) is 18.3 Å². The van der Waals surface area contributed by atoms with E-state index in [1.807, 2.05) is 6.07 Å². The fourth-order valence-corrected chi connectivity index (χ4v) is 6.74. The van der Waals surface area contributed by atoms with E-state index in [1.54, 1.807) is 0 Å². The molecule has 0 spiro atoms. The van der Waals surface area contributed by atoms with Crippen LogP contribution in [-0.4, -0.2) is 36.5 Å². The molecule has 3 aromatic carbocycles. The summed E-state index contributed by atoms with van der Waals surface area (Å²) in [4.78, 5) is 15.9. The summed E-state index contributed by atoms with van der Waals surface area (Å²) < 4.78 is 0. The lowest BCUT2D eigenvalue weighted by atomic mass is 9.59. The highest BCUT2D eigenvalue weighted by atomic mass is 16.1. The molecule has 3 aromatic rings. The van der Waals surface area contributed by atoms with Crippen LogP contribution in [0.25, 0.3) is 11.1 Å². The van der Waals surface area contributed by atoms with Crippen molar-refractivity contribution in [2.75, 3.05) is 19.6 Å². The molecule has 1 heterocycles. The third kappa shape index (κ3) is 4.86. The molecule has 6 rings (SSSR count). The van der Waals surface area contributed by atoms with Gasteiger partial charge in [-0.25, -0.2) is 0 Å². The molecule has 1 unspecified atom stereocenters. The second kappa shape index (κ2) is 9.76. The highest BCUT2D eigenvalue weighted by Gasteiger charge is 2.49. The standard InChI is InChI=1S/C34H40N2O/c1-23-4-10-27(11-5-23)28-12-8-25(9-13-28)16-18-35-33(37)30-15-14-29-21-32-24(2)34(3,31(29)20-30)17-19-36(32)22-26-6-7-26/h4-5,8-15,20,24,26,32H,6-7,16-19,21-22H2,1-3H3,(H,35,37)/t24-,32?,34-/m0/s1. The monoisotopic (exact) mass is 492 g/mol. The van der Waals surface area contributed by atoms with Crippen molar-refractivity contribution >= 4 is 5.91 Å². The van der Waals surface area contributed by atoms with Gasteiger partial charge in [-0.1, -0.05) is 74.0 Å². The van der Waals surface area contributed by atoms with Crippen LogP contribution < -0.4 is 5.32 Å². The predicted molar refractivity (Wildman–Crippen MR) is 152 cm³/mol. The maximum Gasteiger partial charge on any atom is 0.251 e. The van der Waals surface area contributed by atoms with E-state index in [9.17, 15) is 4.79 Å². The predicted octanol–water partition coefficient (Wildman–Crippen LogP) is 6.57. The van der Waals surface area contributed by atoms with Crippen molar-refractivity contribution in [3.05, 3.63) is 94.5 Å². The Hall–Kier alpha value is -2.91. The molecular weight excluding hydrogens is 452 g/mol. The zero-order chi connectivity index (χ0) is 25.6. The summed E-state index contributed by atoms with van der Waals surface area (Å²) in [6.45, 7) is 10.1. The number of aryl methyl sites for hydroxylation is 1. The van der Waals surface area contributed by atoms with E-state index < -0.39 is 0 Å². The Labute approximate surface area is 222 Å². The minimum Gasteiger partial charge on any atom is -0.352 e. The van der Waals surface area contributed by atoms with Gasteiger partial charge in [-0.05, 0) is 103 Å². The maximum atomic E-state index is 13.1. The van der Waals surface area contributed by atoms with Crippen LogP contribution >= 0.6 is 0 Å². The van der Waals surface area contributed by atoms with Gasteiger partial charge in [0.05, 0.1) is 0 Å². The summed E-state index contributed by atoms with van der Waals surface area (Å²) in [6.07, 6.45) is 5.98. The summed E-state index contributed by atoms with van der Waals surface area (Å²) in [5.41, 5.74) is 8.82. The van der Waals surface area contributed by atoms with Gasteiger partial charge in [-0.2, -0.15) is 0 Å². The first-order chi connectivity index (χ1) is 17.9. The van der Waals surface area contributed by atoms with Crippen molar-refractivity contribution in [1.82, 2.24) is 10.2 Å². The molecule has 1 saturated carbocycles. The van der Waals surface area contributed by atoms with E-state index in [2.05, 4.69) is 91.7 Å². The summed E-state index contributed by atoms with van der Waals surface area (Å²) in [5, 5.41) is 3.17. The lowest BCUT2D eigenvalue weighted by Crippen LogP contribution is -2.58. The van der Waals surface area contributed by atoms with E-state index in [0.29, 0.717) is 18.5 Å². The number of carbonyl (C=O) groups is 1. The van der Waals surface area contributed by atoms with Gasteiger partial charge in [0.2, 0.25) is 0 Å². The average molecular weight is 493 g/mol. The van der Waals surface area contributed by atoms with Crippen LogP contribution in [0.1, 0.15) is 65.7 Å². The molecule has 192 valence electrons. The Bertz CT molecular complexity index is 1270. The number of likely N-dealkylation sites (tertiary alicyclic amines) is 1. The van der Waals surface area contributed by atoms with Gasteiger partial charge in [0.15, 0.2) is 0 Å². The first-order valence-electron chi connectivity index (χ1n) is 14.2. The molecule has 2 aliphatic carbocycles. The number of nitrogens with zero attached hydrogens (tertiary/aromatic N) is 1. The van der Waals surface area contributed by atoms with E-state index >= 15 is 0 Å². The van der Waals surface area contributed by atoms with E-state index in [4.69, 9.17) is 0 Å². The quantitative estimate of drug-likeness (QED) is 0.405. The lowest BCUT2D eigenvalue weighted by molar-refractivity contribution is 0.0284. The van der Waals surface area contributed by atoms with Crippen molar-refractivity contribution in [2.45, 2.75) is 64.3 Å². The molecule has 0 radical (unpaired) electrons. The van der Waals surface area contributed by atoms with Crippen molar-refractivity contribution in [2.24, 2.45) is 11.8 Å². The fraction of sp³-hybridized carbons (Fsp3) is 0.441. The molecule has 1 saturated heterocycles. The van der Waals surface area contributed by atoms with Crippen LogP contribution in [0.2, 0.25) is 0 Å². The van der Waals surface area contributed by atoms with Gasteiger partial charge in [-0.3, -0.25) is 9.69 Å². The Morgan fingerprint density at radius 2 is 1.70 bits per heavy atom. The molecule has 0 aromatic heterocycles. The molecule has 3 nitrogen and oxygen atoms in total. The van der Waals surface area contributed by atoms with Crippen molar-refractivity contribution in [3.63, 3.8) is 0 Å². The van der Waals surface area contributed by atoms with Crippen molar-refractivity contribution in [1.29, 1.82) is 0 Å². The van der Waals surface area contributed by atoms with Crippen molar-refractivity contribution < 1.29 is 4.79 Å². The van der Waals surface area contributed by atoms with Gasteiger partial charge in [0.25, 0.3) is 5.91 Å². The van der Waals surface area contributed by atoms with Crippen molar-refractivity contribution in [3.8, 4) is 11.1 Å². The molecule has 1 N–H and O–H groups in total. The molecule has 2 fully saturated rings. The largest absolute Gasteiger partial charge is 0.352 e. The third-order valence-electron chi connectivity index (χ3n) is 9.61. The number of piperidine rings is 1. The summed E-state index contributed by atoms with van der Waals surface area (Å²) in [6, 6.07) is 24.5. The number of rotatable bonds is 7. The summed E-state index contributed by atoms with van der Waals surface area (Å²) >= 11 is 0. The third-order valence-corrected chi connectivity index (χ3v) is 9.61. The minimum absolute atomic E-state index is 0.0450. The van der Waals surface area contributed by atoms with Crippen LogP contribution in [0, 0.1) is 18.8 Å². The highest BCUT2D eigenvalue weighted by Crippen LogP contribution is 2.49. The molecule has 3 heteroatoms. The first-order valence-corrected chi connectivity index (χ1v) is 14.2. The minimum atomic E-state index is 0.0450. The first kappa shape index (κ1) is 24.4. The molecule has 1 amide bonds. The Balaban J connectivity index is 1.09. The van der Waals surface area contributed by atoms with Gasteiger partial charge in [0.1, 0.15) is 0 Å². The van der Waals surface area contributed by atoms with E-state index in [1.165, 1.54) is 65.7 Å². The number of fused-ring (bicyclic) bond motifs is 4. The Morgan fingerprint density at radius 3 is 2.41 bits per heavy atom.